The molecule has 4 nitrogen and oxygen atoms in total. The van der Waals surface area contributed by atoms with Crippen molar-refractivity contribution in [2.24, 2.45) is 0 Å². The van der Waals surface area contributed by atoms with Crippen molar-refractivity contribution in [3.8, 4) is 22.3 Å². The lowest BCUT2D eigenvalue weighted by Gasteiger charge is -2.28. The Morgan fingerprint density at radius 2 is 0.690 bits per heavy atom. The lowest BCUT2D eigenvalue weighted by atomic mass is 10.0. The zero-order valence-corrected chi connectivity index (χ0v) is 39.0. The Hall–Kier alpha value is -9.38. The van der Waals surface area contributed by atoms with E-state index in [0.29, 0.717) is 0 Å². The molecule has 4 heterocycles. The van der Waals surface area contributed by atoms with Crippen LogP contribution in [0, 0.1) is 6.92 Å². The molecular formula is C67H44N4. The zero-order chi connectivity index (χ0) is 46.7. The summed E-state index contributed by atoms with van der Waals surface area (Å²) in [6.07, 6.45) is 0. The number of anilines is 6. The summed E-state index contributed by atoms with van der Waals surface area (Å²) in [6.45, 7) is 2.23. The number of aryl methyl sites for hydroxylation is 1. The van der Waals surface area contributed by atoms with E-state index in [-0.39, 0.29) is 0 Å². The predicted molar refractivity (Wildman–Crippen MR) is 301 cm³/mol. The van der Waals surface area contributed by atoms with E-state index < -0.39 is 0 Å². The minimum atomic E-state index is 1.12. The summed E-state index contributed by atoms with van der Waals surface area (Å²) in [4.78, 5) is 4.90. The Kier molecular flexibility index (Phi) is 8.54. The second kappa shape index (κ2) is 15.3. The van der Waals surface area contributed by atoms with Gasteiger partial charge in [0.15, 0.2) is 0 Å². The molecule has 0 saturated heterocycles. The monoisotopic (exact) mass is 904 g/mol. The van der Waals surface area contributed by atoms with Gasteiger partial charge in [0.05, 0.1) is 44.5 Å². The number of nitrogens with zero attached hydrogens (tertiary/aromatic N) is 4. The average molecular weight is 905 g/mol. The first kappa shape index (κ1) is 39.6. The molecule has 0 N–H and O–H groups in total. The highest BCUT2D eigenvalue weighted by atomic mass is 15.2. The van der Waals surface area contributed by atoms with Crippen molar-refractivity contribution in [2.45, 2.75) is 6.92 Å². The van der Waals surface area contributed by atoms with Gasteiger partial charge in [-0.3, -0.25) is 0 Å². The molecule has 0 aliphatic heterocycles. The number of fused-ring (bicyclic) bond motifs is 12. The van der Waals surface area contributed by atoms with Crippen LogP contribution in [-0.4, -0.2) is 8.80 Å². The quantitative estimate of drug-likeness (QED) is 0.151. The molecule has 0 spiro atoms. The maximum absolute atomic E-state index is 2.54. The number of hydrogen-bond donors (Lipinski definition) is 0. The van der Waals surface area contributed by atoms with E-state index in [0.717, 1.165) is 34.1 Å². The summed E-state index contributed by atoms with van der Waals surface area (Å²) in [5.41, 5.74) is 20.2. The summed E-state index contributed by atoms with van der Waals surface area (Å²) >= 11 is 0. The molecule has 332 valence electrons. The normalized spacial score (nSPS) is 12.0. The van der Waals surface area contributed by atoms with Gasteiger partial charge in [-0.25, -0.2) is 0 Å². The molecule has 11 aromatic carbocycles. The molecule has 0 aliphatic carbocycles. The molecule has 15 rings (SSSR count). The Labute approximate surface area is 410 Å². The predicted octanol–water partition coefficient (Wildman–Crippen LogP) is 18.6. The van der Waals surface area contributed by atoms with Crippen molar-refractivity contribution in [1.29, 1.82) is 0 Å². The Balaban J connectivity index is 0.965. The van der Waals surface area contributed by atoms with Gasteiger partial charge in [0.1, 0.15) is 0 Å². The van der Waals surface area contributed by atoms with Crippen LogP contribution in [0.15, 0.2) is 249 Å². The summed E-state index contributed by atoms with van der Waals surface area (Å²) in [6, 6.07) is 91.3. The lowest BCUT2D eigenvalue weighted by molar-refractivity contribution is 1.26. The molecule has 0 atom stereocenters. The first-order valence-corrected chi connectivity index (χ1v) is 24.5. The van der Waals surface area contributed by atoms with Crippen molar-refractivity contribution in [3.63, 3.8) is 0 Å². The minimum Gasteiger partial charge on any atom is -0.310 e. The Morgan fingerprint density at radius 1 is 0.268 bits per heavy atom. The molecule has 0 saturated carbocycles. The van der Waals surface area contributed by atoms with Gasteiger partial charge in [-0.05, 0) is 114 Å². The van der Waals surface area contributed by atoms with Gasteiger partial charge in [-0.1, -0.05) is 170 Å². The Bertz CT molecular complexity index is 4520. The molecule has 71 heavy (non-hydrogen) atoms. The van der Waals surface area contributed by atoms with Crippen LogP contribution in [0.4, 0.5) is 34.1 Å². The van der Waals surface area contributed by atoms with Crippen molar-refractivity contribution < 1.29 is 0 Å². The third-order valence-corrected chi connectivity index (χ3v) is 15.0. The van der Waals surface area contributed by atoms with Gasteiger partial charge in [0.2, 0.25) is 0 Å². The van der Waals surface area contributed by atoms with Gasteiger partial charge in [-0.15, -0.1) is 0 Å². The lowest BCUT2D eigenvalue weighted by Crippen LogP contribution is -2.12. The van der Waals surface area contributed by atoms with Crippen molar-refractivity contribution in [1.82, 2.24) is 8.80 Å². The number of benzene rings is 11. The van der Waals surface area contributed by atoms with Crippen LogP contribution < -0.4 is 9.80 Å². The fourth-order valence-electron chi connectivity index (χ4n) is 12.0. The molecule has 0 unspecified atom stereocenters. The smallest absolute Gasteiger partial charge is 0.0621 e. The number of para-hydroxylation sites is 4. The highest BCUT2D eigenvalue weighted by Crippen LogP contribution is 2.50. The number of rotatable bonds is 8. The van der Waals surface area contributed by atoms with Crippen LogP contribution in [0.1, 0.15) is 5.56 Å². The third-order valence-electron chi connectivity index (χ3n) is 15.0. The second-order valence-electron chi connectivity index (χ2n) is 18.9. The van der Waals surface area contributed by atoms with Crippen LogP contribution in [0.3, 0.4) is 0 Å². The van der Waals surface area contributed by atoms with Crippen LogP contribution >= 0.6 is 0 Å². The molecule has 15 aromatic rings. The fraction of sp³-hybridized carbons (Fsp3) is 0.0149. The second-order valence-corrected chi connectivity index (χ2v) is 18.9. The van der Waals surface area contributed by atoms with E-state index in [1.807, 2.05) is 0 Å². The topological polar surface area (TPSA) is 15.3 Å². The summed E-state index contributed by atoms with van der Waals surface area (Å²) in [5.74, 6) is 0. The van der Waals surface area contributed by atoms with E-state index in [2.05, 4.69) is 274 Å². The number of aromatic nitrogens is 2. The molecule has 0 amide bonds. The molecule has 4 heteroatoms. The van der Waals surface area contributed by atoms with Crippen molar-refractivity contribution >= 4 is 110 Å². The minimum absolute atomic E-state index is 1.12. The zero-order valence-electron chi connectivity index (χ0n) is 39.0. The summed E-state index contributed by atoms with van der Waals surface area (Å²) in [7, 11) is 0. The largest absolute Gasteiger partial charge is 0.310 e. The molecule has 0 radical (unpaired) electrons. The first-order valence-electron chi connectivity index (χ1n) is 24.5. The highest BCUT2D eigenvalue weighted by molar-refractivity contribution is 6.31. The SMILES string of the molecule is Cc1ccc(-c2ccccc2)cc1N(c1ccccc1)c1cccc2c1c1cccc3c4cc5c(cc4n2c31)c1cccc2c3c(N(c4ccccc4)c4cccc(-c6ccccc6)c4)cccc3n5c12. The van der Waals surface area contributed by atoms with E-state index >= 15 is 0 Å². The van der Waals surface area contributed by atoms with Crippen molar-refractivity contribution in [2.75, 3.05) is 9.80 Å². The summed E-state index contributed by atoms with van der Waals surface area (Å²) < 4.78 is 5.08. The highest BCUT2D eigenvalue weighted by Gasteiger charge is 2.27. The third kappa shape index (κ3) is 5.79. The van der Waals surface area contributed by atoms with Crippen molar-refractivity contribution in [3.05, 3.63) is 254 Å². The molecule has 0 fully saturated rings. The molecule has 4 aromatic heterocycles. The molecule has 0 bridgehead atoms. The van der Waals surface area contributed by atoms with Crippen LogP contribution in [0.2, 0.25) is 0 Å². The van der Waals surface area contributed by atoms with Gasteiger partial charge < -0.3 is 18.6 Å². The maximum atomic E-state index is 2.54. The maximum Gasteiger partial charge on any atom is 0.0621 e. The van der Waals surface area contributed by atoms with Gasteiger partial charge in [-0.2, -0.15) is 0 Å². The van der Waals surface area contributed by atoms with E-state index in [1.165, 1.54) is 104 Å². The van der Waals surface area contributed by atoms with Gasteiger partial charge >= 0.3 is 0 Å². The fourth-order valence-corrected chi connectivity index (χ4v) is 12.0. The van der Waals surface area contributed by atoms with Crippen LogP contribution in [0.5, 0.6) is 0 Å². The first-order chi connectivity index (χ1) is 35.2. The van der Waals surface area contributed by atoms with Crippen LogP contribution in [0.25, 0.3) is 98.4 Å². The average Bonchev–Trinajstić information content (AvgIpc) is 4.17. The van der Waals surface area contributed by atoms with Crippen LogP contribution in [-0.2, 0) is 0 Å². The van der Waals surface area contributed by atoms with E-state index in [9.17, 15) is 0 Å². The van der Waals surface area contributed by atoms with E-state index in [4.69, 9.17) is 0 Å². The molecule has 0 aliphatic rings. The van der Waals surface area contributed by atoms with E-state index in [1.54, 1.807) is 0 Å². The number of hydrogen-bond acceptors (Lipinski definition) is 2. The molecular weight excluding hydrogens is 861 g/mol. The standard InChI is InChI=1S/C67H44N4/c1-43-37-38-47(45-21-8-3-9-22-45)40-61(43)69(49-26-12-5-13-27-49)58-34-18-36-60-65(58)54-32-16-30-52-56-41-62-55(42-63(56)71(60)67(52)54)51-29-15-31-53-64-57(33-17-35-59(64)70(62)66(51)53)68(48-24-10-4-11-25-48)50-28-14-23-46(39-50)44-19-6-2-7-20-44/h2-42H,1H3. The van der Waals surface area contributed by atoms with Gasteiger partial charge in [0.25, 0.3) is 0 Å². The van der Waals surface area contributed by atoms with Gasteiger partial charge in [0, 0.05) is 65.8 Å². The Morgan fingerprint density at radius 3 is 1.24 bits per heavy atom. The summed E-state index contributed by atoms with van der Waals surface area (Å²) in [5, 5.41) is 10.0.